The van der Waals surface area contributed by atoms with E-state index in [2.05, 4.69) is 20.7 Å². The summed E-state index contributed by atoms with van der Waals surface area (Å²) in [5, 5.41) is 11.1. The lowest BCUT2D eigenvalue weighted by atomic mass is 9.98. The number of anilines is 1. The van der Waals surface area contributed by atoms with Crippen LogP contribution in [0.2, 0.25) is 0 Å². The van der Waals surface area contributed by atoms with E-state index in [-0.39, 0.29) is 17.0 Å². The van der Waals surface area contributed by atoms with Crippen LogP contribution in [0.15, 0.2) is 69.1 Å². The molecule has 1 N–H and O–H groups in total. The van der Waals surface area contributed by atoms with Crippen LogP contribution >= 0.6 is 15.9 Å². The Bertz CT molecular complexity index is 1310. The number of aliphatic hydroxyl groups is 1. The zero-order chi connectivity index (χ0) is 24.8. The first-order chi connectivity index (χ1) is 16.0. The minimum Gasteiger partial charge on any atom is -0.507 e. The SMILES string of the molecule is Cc1ccc(C2/C(=C(/O)c3ccc(Br)c(C)c3)C(=O)C(=O)N2c2ccc(OC(F)(F)F)cc2)o1. The summed E-state index contributed by atoms with van der Waals surface area (Å²) in [6, 6.07) is 11.5. The van der Waals surface area contributed by atoms with Crippen LogP contribution in [0.3, 0.4) is 0 Å². The number of ether oxygens (including phenoxy) is 1. The predicted molar refractivity (Wildman–Crippen MR) is 120 cm³/mol. The summed E-state index contributed by atoms with van der Waals surface area (Å²) < 4.78 is 47.9. The Morgan fingerprint density at radius 1 is 1.06 bits per heavy atom. The number of hydrogen-bond donors (Lipinski definition) is 1. The van der Waals surface area contributed by atoms with E-state index in [4.69, 9.17) is 4.42 Å². The highest BCUT2D eigenvalue weighted by atomic mass is 79.9. The zero-order valence-corrected chi connectivity index (χ0v) is 19.4. The molecule has 1 saturated heterocycles. The first-order valence-electron chi connectivity index (χ1n) is 9.96. The van der Waals surface area contributed by atoms with Gasteiger partial charge in [0.1, 0.15) is 29.1 Å². The molecule has 0 spiro atoms. The second kappa shape index (κ2) is 8.68. The molecule has 1 atom stereocenters. The largest absolute Gasteiger partial charge is 0.573 e. The minimum atomic E-state index is -4.88. The monoisotopic (exact) mass is 535 g/mol. The van der Waals surface area contributed by atoms with Gasteiger partial charge < -0.3 is 14.3 Å². The molecule has 34 heavy (non-hydrogen) atoms. The summed E-state index contributed by atoms with van der Waals surface area (Å²) in [5.41, 5.74) is 1.04. The maximum Gasteiger partial charge on any atom is 0.573 e. The van der Waals surface area contributed by atoms with E-state index >= 15 is 0 Å². The van der Waals surface area contributed by atoms with Crippen LogP contribution in [-0.4, -0.2) is 23.2 Å². The molecular weight excluding hydrogens is 519 g/mol. The second-order valence-corrected chi connectivity index (χ2v) is 8.48. The molecule has 1 aliphatic heterocycles. The van der Waals surface area contributed by atoms with E-state index in [9.17, 15) is 27.9 Å². The van der Waals surface area contributed by atoms with Crippen molar-refractivity contribution in [2.24, 2.45) is 0 Å². The molecular formula is C24H17BrF3NO5. The van der Waals surface area contributed by atoms with E-state index in [1.165, 1.54) is 12.1 Å². The van der Waals surface area contributed by atoms with E-state index in [0.29, 0.717) is 11.3 Å². The van der Waals surface area contributed by atoms with Gasteiger partial charge in [-0.15, -0.1) is 13.2 Å². The number of nitrogens with zero attached hydrogens (tertiary/aromatic N) is 1. The van der Waals surface area contributed by atoms with Gasteiger partial charge in [-0.2, -0.15) is 0 Å². The third-order valence-corrected chi connectivity index (χ3v) is 6.14. The van der Waals surface area contributed by atoms with Crippen molar-refractivity contribution in [3.05, 3.63) is 87.3 Å². The highest BCUT2D eigenvalue weighted by molar-refractivity contribution is 9.10. The number of amides is 1. The van der Waals surface area contributed by atoms with Gasteiger partial charge in [-0.05, 0) is 67.9 Å². The van der Waals surface area contributed by atoms with Gasteiger partial charge in [-0.1, -0.05) is 22.0 Å². The third kappa shape index (κ3) is 4.45. The fourth-order valence-electron chi connectivity index (χ4n) is 3.72. The van der Waals surface area contributed by atoms with Crippen molar-refractivity contribution in [2.75, 3.05) is 4.90 Å². The smallest absolute Gasteiger partial charge is 0.507 e. The molecule has 10 heteroatoms. The molecule has 0 aliphatic carbocycles. The van der Waals surface area contributed by atoms with Crippen molar-refractivity contribution < 1.29 is 37.0 Å². The Balaban J connectivity index is 1.85. The molecule has 1 fully saturated rings. The molecule has 2 heterocycles. The molecule has 1 amide bonds. The highest BCUT2D eigenvalue weighted by Crippen LogP contribution is 2.43. The predicted octanol–water partition coefficient (Wildman–Crippen LogP) is 6.18. The van der Waals surface area contributed by atoms with Gasteiger partial charge in [0.15, 0.2) is 0 Å². The number of alkyl halides is 3. The summed E-state index contributed by atoms with van der Waals surface area (Å²) >= 11 is 3.38. The quantitative estimate of drug-likeness (QED) is 0.245. The van der Waals surface area contributed by atoms with Crippen LogP contribution in [0.25, 0.3) is 5.76 Å². The van der Waals surface area contributed by atoms with Crippen LogP contribution < -0.4 is 9.64 Å². The molecule has 0 bridgehead atoms. The van der Waals surface area contributed by atoms with Gasteiger partial charge in [0.2, 0.25) is 0 Å². The summed E-state index contributed by atoms with van der Waals surface area (Å²) in [4.78, 5) is 27.2. The number of carbonyl (C=O) groups excluding carboxylic acids is 2. The van der Waals surface area contributed by atoms with Crippen LogP contribution in [0, 0.1) is 13.8 Å². The molecule has 3 aromatic rings. The number of aryl methyl sites for hydroxylation is 2. The van der Waals surface area contributed by atoms with E-state index < -0.39 is 35.6 Å². The van der Waals surface area contributed by atoms with Gasteiger partial charge >= 0.3 is 6.36 Å². The first kappa shape index (κ1) is 23.6. The van der Waals surface area contributed by atoms with Crippen LogP contribution in [0.5, 0.6) is 5.75 Å². The Labute approximate surface area is 200 Å². The maximum absolute atomic E-state index is 13.1. The van der Waals surface area contributed by atoms with Crippen molar-refractivity contribution in [3.8, 4) is 5.75 Å². The third-order valence-electron chi connectivity index (χ3n) is 5.25. The second-order valence-electron chi connectivity index (χ2n) is 7.62. The van der Waals surface area contributed by atoms with Gasteiger partial charge in [0, 0.05) is 15.7 Å². The topological polar surface area (TPSA) is 80.0 Å². The Kier molecular flexibility index (Phi) is 6.03. The number of aliphatic hydroxyl groups excluding tert-OH is 1. The van der Waals surface area contributed by atoms with Crippen LogP contribution in [0.4, 0.5) is 18.9 Å². The number of ketones is 1. The molecule has 6 nitrogen and oxygen atoms in total. The molecule has 4 rings (SSSR count). The summed E-state index contributed by atoms with van der Waals surface area (Å²) in [6.45, 7) is 3.48. The molecule has 1 aliphatic rings. The number of rotatable bonds is 4. The number of carbonyl (C=O) groups is 2. The Morgan fingerprint density at radius 3 is 2.29 bits per heavy atom. The van der Waals surface area contributed by atoms with Crippen molar-refractivity contribution in [3.63, 3.8) is 0 Å². The van der Waals surface area contributed by atoms with Gasteiger partial charge in [0.05, 0.1) is 5.57 Å². The van der Waals surface area contributed by atoms with Gasteiger partial charge in [0.25, 0.3) is 11.7 Å². The van der Waals surface area contributed by atoms with E-state index in [1.54, 1.807) is 44.2 Å². The van der Waals surface area contributed by atoms with Crippen LogP contribution in [0.1, 0.15) is 28.7 Å². The fourth-order valence-corrected chi connectivity index (χ4v) is 3.97. The lowest BCUT2D eigenvalue weighted by Crippen LogP contribution is -2.29. The number of furan rings is 1. The average molecular weight is 536 g/mol. The summed E-state index contributed by atoms with van der Waals surface area (Å²) in [6.07, 6.45) is -4.88. The normalized spacial score (nSPS) is 17.9. The van der Waals surface area contributed by atoms with Crippen molar-refractivity contribution in [1.82, 2.24) is 0 Å². The summed E-state index contributed by atoms with van der Waals surface area (Å²) in [7, 11) is 0. The van der Waals surface area contributed by atoms with Gasteiger partial charge in [-0.25, -0.2) is 0 Å². The minimum absolute atomic E-state index is 0.127. The molecule has 2 aromatic carbocycles. The molecule has 1 unspecified atom stereocenters. The molecule has 1 aromatic heterocycles. The Morgan fingerprint density at radius 2 is 1.74 bits per heavy atom. The lowest BCUT2D eigenvalue weighted by Gasteiger charge is -2.23. The maximum atomic E-state index is 13.1. The lowest BCUT2D eigenvalue weighted by molar-refractivity contribution is -0.274. The van der Waals surface area contributed by atoms with Crippen molar-refractivity contribution in [1.29, 1.82) is 0 Å². The summed E-state index contributed by atoms with van der Waals surface area (Å²) in [5.74, 6) is -2.07. The highest BCUT2D eigenvalue weighted by Gasteiger charge is 2.48. The number of benzene rings is 2. The van der Waals surface area contributed by atoms with Crippen LogP contribution in [-0.2, 0) is 9.59 Å². The number of hydrogen-bond acceptors (Lipinski definition) is 5. The number of halogens is 4. The first-order valence-corrected chi connectivity index (χ1v) is 10.8. The zero-order valence-electron chi connectivity index (χ0n) is 17.8. The van der Waals surface area contributed by atoms with E-state index in [0.717, 1.165) is 27.1 Å². The number of Topliss-reactive ketones (excluding diaryl/α,β-unsaturated/α-hetero) is 1. The van der Waals surface area contributed by atoms with Crippen molar-refractivity contribution in [2.45, 2.75) is 26.3 Å². The van der Waals surface area contributed by atoms with Crippen molar-refractivity contribution >= 4 is 39.1 Å². The molecule has 0 saturated carbocycles. The standard InChI is InChI=1S/C24H17BrF3NO5/c1-12-11-14(4-9-17(12)25)21(30)19-20(18-10-3-13(2)33-18)29(23(32)22(19)31)15-5-7-16(8-6-15)34-24(26,27)28/h3-11,20,30H,1-2H3/b21-19-. The fraction of sp³-hybridized carbons (Fsp3) is 0.167. The molecule has 176 valence electrons. The average Bonchev–Trinajstić information content (AvgIpc) is 3.30. The Hall–Kier alpha value is -3.53. The molecule has 0 radical (unpaired) electrons. The van der Waals surface area contributed by atoms with Gasteiger partial charge in [-0.3, -0.25) is 14.5 Å². The van der Waals surface area contributed by atoms with E-state index in [1.807, 2.05) is 0 Å².